The second-order valence-electron chi connectivity index (χ2n) is 6.87. The summed E-state index contributed by atoms with van der Waals surface area (Å²) in [7, 11) is 1.64. The molecule has 1 fully saturated rings. The van der Waals surface area contributed by atoms with Crippen LogP contribution >= 0.6 is 0 Å². The third-order valence-corrected chi connectivity index (χ3v) is 5.18. The van der Waals surface area contributed by atoms with E-state index < -0.39 is 0 Å². The quantitative estimate of drug-likeness (QED) is 0.830. The van der Waals surface area contributed by atoms with E-state index in [9.17, 15) is 9.59 Å². The number of H-pyrrole nitrogens is 1. The van der Waals surface area contributed by atoms with E-state index in [2.05, 4.69) is 25.5 Å². The topological polar surface area (TPSA) is 95.9 Å². The first kappa shape index (κ1) is 15.9. The van der Waals surface area contributed by atoms with Gasteiger partial charge in [0.15, 0.2) is 5.69 Å². The minimum atomic E-state index is -0.110. The number of nitrogens with zero attached hydrogens (tertiary/aromatic N) is 4. The first-order valence-corrected chi connectivity index (χ1v) is 8.74. The van der Waals surface area contributed by atoms with Crippen molar-refractivity contribution in [1.29, 1.82) is 0 Å². The molecule has 0 aromatic carbocycles. The molecule has 1 saturated heterocycles. The fourth-order valence-corrected chi connectivity index (χ4v) is 3.69. The van der Waals surface area contributed by atoms with Gasteiger partial charge in [-0.1, -0.05) is 0 Å². The molecule has 3 heterocycles. The van der Waals surface area contributed by atoms with Crippen LogP contribution in [0.25, 0.3) is 0 Å². The Kier molecular flexibility index (Phi) is 4.03. The highest BCUT2D eigenvalue weighted by Crippen LogP contribution is 2.24. The van der Waals surface area contributed by atoms with Crippen LogP contribution in [0.15, 0.2) is 17.1 Å². The number of aromatic nitrogens is 4. The lowest BCUT2D eigenvalue weighted by Crippen LogP contribution is -2.32. The molecule has 0 radical (unpaired) electrons. The zero-order chi connectivity index (χ0) is 17.4. The van der Waals surface area contributed by atoms with Crippen LogP contribution in [0.1, 0.15) is 34.6 Å². The molecule has 132 valence electrons. The van der Waals surface area contributed by atoms with Crippen LogP contribution in [0, 0.1) is 5.92 Å². The third kappa shape index (κ3) is 3.04. The van der Waals surface area contributed by atoms with Crippen molar-refractivity contribution >= 4 is 11.6 Å². The van der Waals surface area contributed by atoms with Crippen molar-refractivity contribution in [2.24, 2.45) is 13.0 Å². The lowest BCUT2D eigenvalue weighted by atomic mass is 10.1. The Balaban J connectivity index is 1.34. The van der Waals surface area contributed by atoms with Crippen LogP contribution in [-0.2, 0) is 19.9 Å². The summed E-state index contributed by atoms with van der Waals surface area (Å²) < 4.78 is 1.32. The van der Waals surface area contributed by atoms with Gasteiger partial charge in [-0.2, -0.15) is 10.2 Å². The molecule has 2 aliphatic rings. The molecular weight excluding hydrogens is 320 g/mol. The molecule has 0 bridgehead atoms. The molecule has 2 aromatic rings. The predicted octanol–water partition coefficient (Wildman–Crippen LogP) is 0.248. The van der Waals surface area contributed by atoms with Crippen LogP contribution in [-0.4, -0.2) is 45.5 Å². The standard InChI is InChI=1S/C17H22N6O2/c1-22-15(24)7-12(9-19-22)23-6-5-11(10-23)8-18-17(25)16-13-3-2-4-14(13)20-21-16/h7,9,11H,2-6,8,10H2,1H3,(H,18,25)(H,20,21). The minimum absolute atomic E-state index is 0.0897. The SMILES string of the molecule is Cn1ncc(N2CCC(CNC(=O)c3n[nH]c4c3CCC4)C2)cc1=O. The molecule has 1 aliphatic heterocycles. The molecule has 8 heteroatoms. The van der Waals surface area contributed by atoms with E-state index >= 15 is 0 Å². The molecule has 1 atom stereocenters. The Morgan fingerprint density at radius 3 is 3.16 bits per heavy atom. The van der Waals surface area contributed by atoms with Crippen molar-refractivity contribution in [3.8, 4) is 0 Å². The number of anilines is 1. The molecule has 4 rings (SSSR count). The van der Waals surface area contributed by atoms with Crippen molar-refractivity contribution < 1.29 is 4.79 Å². The number of carbonyl (C=O) groups is 1. The Morgan fingerprint density at radius 1 is 1.44 bits per heavy atom. The second kappa shape index (κ2) is 6.34. The summed E-state index contributed by atoms with van der Waals surface area (Å²) in [6, 6.07) is 1.61. The van der Waals surface area contributed by atoms with Gasteiger partial charge >= 0.3 is 0 Å². The smallest absolute Gasteiger partial charge is 0.272 e. The average molecular weight is 342 g/mol. The summed E-state index contributed by atoms with van der Waals surface area (Å²) >= 11 is 0. The monoisotopic (exact) mass is 342 g/mol. The molecule has 25 heavy (non-hydrogen) atoms. The van der Waals surface area contributed by atoms with E-state index in [1.807, 2.05) is 0 Å². The molecule has 8 nitrogen and oxygen atoms in total. The van der Waals surface area contributed by atoms with Gasteiger partial charge in [-0.25, -0.2) is 4.68 Å². The number of hydrogen-bond acceptors (Lipinski definition) is 5. The minimum Gasteiger partial charge on any atom is -0.370 e. The van der Waals surface area contributed by atoms with Gasteiger partial charge in [-0.15, -0.1) is 0 Å². The lowest BCUT2D eigenvalue weighted by molar-refractivity contribution is 0.0942. The van der Waals surface area contributed by atoms with Crippen molar-refractivity contribution in [2.45, 2.75) is 25.7 Å². The van der Waals surface area contributed by atoms with Crippen molar-refractivity contribution in [1.82, 2.24) is 25.3 Å². The number of aromatic amines is 1. The Hall–Kier alpha value is -2.64. The summed E-state index contributed by atoms with van der Waals surface area (Å²) in [5.74, 6) is 0.271. The molecule has 1 unspecified atom stereocenters. The molecule has 0 saturated carbocycles. The van der Waals surface area contributed by atoms with Gasteiger partial charge in [0.25, 0.3) is 11.5 Å². The fourth-order valence-electron chi connectivity index (χ4n) is 3.69. The average Bonchev–Trinajstić information content (AvgIpc) is 3.31. The van der Waals surface area contributed by atoms with Crippen LogP contribution in [0.3, 0.4) is 0 Å². The number of hydrogen-bond donors (Lipinski definition) is 2. The molecule has 1 aliphatic carbocycles. The largest absolute Gasteiger partial charge is 0.370 e. The summed E-state index contributed by atoms with van der Waals surface area (Å²) in [6.45, 7) is 2.30. The first-order chi connectivity index (χ1) is 12.1. The number of nitrogens with one attached hydrogen (secondary N) is 2. The Morgan fingerprint density at radius 2 is 2.32 bits per heavy atom. The Labute approximate surface area is 145 Å². The van der Waals surface area contributed by atoms with E-state index in [1.54, 1.807) is 19.3 Å². The van der Waals surface area contributed by atoms with Crippen LogP contribution in [0.4, 0.5) is 5.69 Å². The Bertz CT molecular complexity index is 855. The van der Waals surface area contributed by atoms with Gasteiger partial charge in [0.05, 0.1) is 11.9 Å². The van der Waals surface area contributed by atoms with E-state index in [0.717, 1.165) is 55.7 Å². The van der Waals surface area contributed by atoms with Gasteiger partial charge in [-0.05, 0) is 31.6 Å². The van der Waals surface area contributed by atoms with E-state index in [0.29, 0.717) is 18.2 Å². The van der Waals surface area contributed by atoms with Crippen molar-refractivity contribution in [3.63, 3.8) is 0 Å². The summed E-state index contributed by atoms with van der Waals surface area (Å²) in [6.07, 6.45) is 5.70. The van der Waals surface area contributed by atoms with Crippen molar-refractivity contribution in [2.75, 3.05) is 24.5 Å². The maximum Gasteiger partial charge on any atom is 0.272 e. The highest BCUT2D eigenvalue weighted by atomic mass is 16.2. The van der Waals surface area contributed by atoms with E-state index in [-0.39, 0.29) is 11.5 Å². The molecular formula is C17H22N6O2. The number of aryl methyl sites for hydroxylation is 2. The maximum atomic E-state index is 12.4. The van der Waals surface area contributed by atoms with Crippen LogP contribution < -0.4 is 15.8 Å². The molecule has 1 amide bonds. The highest BCUT2D eigenvalue weighted by molar-refractivity contribution is 5.94. The maximum absolute atomic E-state index is 12.4. The molecule has 2 aromatic heterocycles. The van der Waals surface area contributed by atoms with Crippen molar-refractivity contribution in [3.05, 3.63) is 39.6 Å². The summed E-state index contributed by atoms with van der Waals surface area (Å²) in [4.78, 5) is 26.3. The van der Waals surface area contributed by atoms with Gasteiger partial charge in [0, 0.05) is 44.0 Å². The zero-order valence-electron chi connectivity index (χ0n) is 14.3. The predicted molar refractivity (Wildman–Crippen MR) is 92.7 cm³/mol. The highest BCUT2D eigenvalue weighted by Gasteiger charge is 2.26. The first-order valence-electron chi connectivity index (χ1n) is 8.74. The van der Waals surface area contributed by atoms with Crippen LogP contribution in [0.5, 0.6) is 0 Å². The summed E-state index contributed by atoms with van der Waals surface area (Å²) in [5.41, 5.74) is 3.48. The fraction of sp³-hybridized carbons (Fsp3) is 0.529. The van der Waals surface area contributed by atoms with E-state index in [4.69, 9.17) is 0 Å². The van der Waals surface area contributed by atoms with Gasteiger partial charge < -0.3 is 10.2 Å². The molecule has 0 spiro atoms. The zero-order valence-corrected chi connectivity index (χ0v) is 14.3. The normalized spacial score (nSPS) is 19.2. The lowest BCUT2D eigenvalue weighted by Gasteiger charge is -2.18. The number of amides is 1. The number of fused-ring (bicyclic) bond motifs is 1. The van der Waals surface area contributed by atoms with E-state index in [1.165, 1.54) is 4.68 Å². The van der Waals surface area contributed by atoms with Gasteiger partial charge in [0.2, 0.25) is 0 Å². The molecule has 2 N–H and O–H groups in total. The third-order valence-electron chi connectivity index (χ3n) is 5.18. The summed E-state index contributed by atoms with van der Waals surface area (Å²) in [5, 5.41) is 14.2. The number of rotatable bonds is 4. The number of carbonyl (C=O) groups excluding carboxylic acids is 1. The van der Waals surface area contributed by atoms with Gasteiger partial charge in [-0.3, -0.25) is 14.7 Å². The van der Waals surface area contributed by atoms with Crippen LogP contribution in [0.2, 0.25) is 0 Å². The second-order valence-corrected chi connectivity index (χ2v) is 6.87. The van der Waals surface area contributed by atoms with Gasteiger partial charge in [0.1, 0.15) is 0 Å².